The first-order valence-corrected chi connectivity index (χ1v) is 7.30. The Morgan fingerprint density at radius 1 is 1.09 bits per heavy atom. The van der Waals surface area contributed by atoms with E-state index in [1.807, 2.05) is 42.5 Å². The molecule has 0 saturated heterocycles. The number of nitrogens with one attached hydrogen (secondary N) is 1. The second kappa shape index (κ2) is 6.82. The fourth-order valence-corrected chi connectivity index (χ4v) is 2.33. The van der Waals surface area contributed by atoms with Crippen LogP contribution >= 0.6 is 11.6 Å². The Morgan fingerprint density at radius 2 is 1.83 bits per heavy atom. The molecule has 0 saturated carbocycles. The zero-order valence-corrected chi connectivity index (χ0v) is 12.8. The van der Waals surface area contributed by atoms with Gasteiger partial charge in [-0.3, -0.25) is 0 Å². The van der Waals surface area contributed by atoms with E-state index in [9.17, 15) is 5.26 Å². The summed E-state index contributed by atoms with van der Waals surface area (Å²) < 4.78 is 5.28. The maximum Gasteiger partial charge on any atom is 0.179 e. The lowest BCUT2D eigenvalue weighted by Crippen LogP contribution is -1.87. The monoisotopic (exact) mass is 321 g/mol. The van der Waals surface area contributed by atoms with Gasteiger partial charge in [0.2, 0.25) is 0 Å². The van der Waals surface area contributed by atoms with Gasteiger partial charge in [-0.1, -0.05) is 53.2 Å². The smallest absolute Gasteiger partial charge is 0.179 e. The van der Waals surface area contributed by atoms with E-state index >= 15 is 0 Å². The van der Waals surface area contributed by atoms with Crippen molar-refractivity contribution in [3.63, 3.8) is 0 Å². The van der Waals surface area contributed by atoms with Crippen LogP contribution in [0.25, 0.3) is 17.3 Å². The minimum Gasteiger partial charge on any atom is -0.362 e. The Kier molecular flexibility index (Phi) is 4.41. The molecule has 0 aliphatic carbocycles. The molecule has 5 heteroatoms. The fourth-order valence-electron chi connectivity index (χ4n) is 2.11. The Bertz CT molecular complexity index is 879. The molecule has 1 N–H and O–H groups in total. The highest BCUT2D eigenvalue weighted by atomic mass is 35.5. The van der Waals surface area contributed by atoms with Gasteiger partial charge in [0.15, 0.2) is 5.76 Å². The molecular formula is C18H12ClN3O. The Morgan fingerprint density at radius 3 is 2.57 bits per heavy atom. The fraction of sp³-hybridized carbons (Fsp3) is 0. The topological polar surface area (TPSA) is 61.9 Å². The molecule has 0 atom stereocenters. The first-order chi connectivity index (χ1) is 11.3. The average molecular weight is 322 g/mol. The first-order valence-electron chi connectivity index (χ1n) is 6.92. The summed E-state index contributed by atoms with van der Waals surface area (Å²) in [6.45, 7) is 0. The maximum atomic E-state index is 9.41. The van der Waals surface area contributed by atoms with Crippen molar-refractivity contribution in [1.82, 2.24) is 5.16 Å². The standard InChI is InChI=1S/C18H12ClN3O/c19-16-9-5-4-8-14(16)18-15(12-20)17(23-22-18)10-11-21-13-6-2-1-3-7-13/h1-11,21H. The molecule has 0 fully saturated rings. The Labute approximate surface area is 138 Å². The first kappa shape index (κ1) is 14.9. The normalized spacial score (nSPS) is 10.6. The van der Waals surface area contributed by atoms with Crippen molar-refractivity contribution in [1.29, 1.82) is 5.26 Å². The lowest BCUT2D eigenvalue weighted by molar-refractivity contribution is 0.415. The van der Waals surface area contributed by atoms with Crippen LogP contribution in [0.1, 0.15) is 11.3 Å². The van der Waals surface area contributed by atoms with Gasteiger partial charge in [-0.25, -0.2) is 0 Å². The van der Waals surface area contributed by atoms with Crippen LogP contribution in [0.3, 0.4) is 0 Å². The van der Waals surface area contributed by atoms with E-state index in [1.54, 1.807) is 24.4 Å². The molecule has 23 heavy (non-hydrogen) atoms. The van der Waals surface area contributed by atoms with Gasteiger partial charge in [-0.2, -0.15) is 5.26 Å². The van der Waals surface area contributed by atoms with E-state index in [1.165, 1.54) is 0 Å². The number of halogens is 1. The van der Waals surface area contributed by atoms with Crippen molar-refractivity contribution in [2.45, 2.75) is 0 Å². The molecule has 0 aliphatic rings. The van der Waals surface area contributed by atoms with Gasteiger partial charge < -0.3 is 9.84 Å². The van der Waals surface area contributed by atoms with Crippen molar-refractivity contribution < 1.29 is 4.52 Å². The van der Waals surface area contributed by atoms with Crippen LogP contribution in [0.2, 0.25) is 5.02 Å². The number of nitriles is 1. The molecule has 0 bridgehead atoms. The number of aromatic nitrogens is 1. The number of anilines is 1. The van der Waals surface area contributed by atoms with Crippen molar-refractivity contribution >= 4 is 23.4 Å². The molecule has 3 rings (SSSR count). The lowest BCUT2D eigenvalue weighted by atomic mass is 10.1. The molecule has 4 nitrogen and oxygen atoms in total. The minimum absolute atomic E-state index is 0.351. The van der Waals surface area contributed by atoms with E-state index < -0.39 is 0 Å². The maximum absolute atomic E-state index is 9.41. The second-order valence-electron chi connectivity index (χ2n) is 4.71. The molecule has 3 aromatic rings. The summed E-state index contributed by atoms with van der Waals surface area (Å²) in [5.74, 6) is 0.380. The number of hydrogen-bond acceptors (Lipinski definition) is 4. The van der Waals surface area contributed by atoms with Gasteiger partial charge in [0, 0.05) is 23.5 Å². The lowest BCUT2D eigenvalue weighted by Gasteiger charge is -1.99. The zero-order valence-electron chi connectivity index (χ0n) is 12.0. The van der Waals surface area contributed by atoms with Crippen molar-refractivity contribution in [2.24, 2.45) is 0 Å². The number of hydrogen-bond donors (Lipinski definition) is 1. The van der Waals surface area contributed by atoms with Gasteiger partial charge in [0.1, 0.15) is 17.3 Å². The van der Waals surface area contributed by atoms with Gasteiger partial charge in [-0.15, -0.1) is 0 Å². The van der Waals surface area contributed by atoms with Crippen LogP contribution in [-0.2, 0) is 0 Å². The number of benzene rings is 2. The van der Waals surface area contributed by atoms with Crippen molar-refractivity contribution in [3.8, 4) is 17.3 Å². The summed E-state index contributed by atoms with van der Waals surface area (Å²) in [6, 6.07) is 19.0. The van der Waals surface area contributed by atoms with E-state index in [-0.39, 0.29) is 0 Å². The highest BCUT2D eigenvalue weighted by Gasteiger charge is 2.17. The van der Waals surface area contributed by atoms with Crippen molar-refractivity contribution in [2.75, 3.05) is 5.32 Å². The summed E-state index contributed by atoms with van der Waals surface area (Å²) in [7, 11) is 0. The summed E-state index contributed by atoms with van der Waals surface area (Å²) in [5, 5.41) is 17.0. The molecule has 1 heterocycles. The van der Waals surface area contributed by atoms with Crippen LogP contribution < -0.4 is 5.32 Å². The van der Waals surface area contributed by atoms with E-state index in [4.69, 9.17) is 16.1 Å². The minimum atomic E-state index is 0.351. The predicted octanol–water partition coefficient (Wildman–Crippen LogP) is 4.95. The van der Waals surface area contributed by atoms with E-state index in [2.05, 4.69) is 16.5 Å². The molecule has 0 radical (unpaired) electrons. The highest BCUT2D eigenvalue weighted by molar-refractivity contribution is 6.33. The molecule has 0 unspecified atom stereocenters. The SMILES string of the molecule is N#Cc1c(-c2ccccc2Cl)noc1C=CNc1ccccc1. The zero-order chi connectivity index (χ0) is 16.1. The third-order valence-electron chi connectivity index (χ3n) is 3.22. The van der Waals surface area contributed by atoms with E-state index in [0.29, 0.717) is 27.6 Å². The summed E-state index contributed by atoms with van der Waals surface area (Å²) in [6.07, 6.45) is 3.37. The van der Waals surface area contributed by atoms with Gasteiger partial charge >= 0.3 is 0 Å². The third-order valence-corrected chi connectivity index (χ3v) is 3.55. The predicted molar refractivity (Wildman–Crippen MR) is 90.8 cm³/mol. The molecule has 2 aromatic carbocycles. The van der Waals surface area contributed by atoms with E-state index in [0.717, 1.165) is 5.69 Å². The number of para-hydroxylation sites is 1. The molecule has 1 aromatic heterocycles. The Hall–Kier alpha value is -3.03. The summed E-state index contributed by atoms with van der Waals surface area (Å²) in [4.78, 5) is 0. The number of rotatable bonds is 4. The second-order valence-corrected chi connectivity index (χ2v) is 5.11. The van der Waals surface area contributed by atoms with Gasteiger partial charge in [0.25, 0.3) is 0 Å². The van der Waals surface area contributed by atoms with Gasteiger partial charge in [-0.05, 0) is 18.2 Å². The van der Waals surface area contributed by atoms with Crippen LogP contribution in [0.5, 0.6) is 0 Å². The molecule has 0 spiro atoms. The van der Waals surface area contributed by atoms with Crippen LogP contribution in [0.4, 0.5) is 5.69 Å². The number of nitrogens with zero attached hydrogens (tertiary/aromatic N) is 2. The molecule has 0 aliphatic heterocycles. The van der Waals surface area contributed by atoms with Crippen LogP contribution in [-0.4, -0.2) is 5.16 Å². The largest absolute Gasteiger partial charge is 0.362 e. The molecular weight excluding hydrogens is 310 g/mol. The molecule has 112 valence electrons. The molecule has 0 amide bonds. The third kappa shape index (κ3) is 3.25. The van der Waals surface area contributed by atoms with Crippen LogP contribution in [0, 0.1) is 11.3 Å². The van der Waals surface area contributed by atoms with Crippen LogP contribution in [0.15, 0.2) is 65.3 Å². The summed E-state index contributed by atoms with van der Waals surface area (Å²) >= 11 is 6.16. The quantitative estimate of drug-likeness (QED) is 0.738. The van der Waals surface area contributed by atoms with Gasteiger partial charge in [0.05, 0.1) is 5.02 Å². The Balaban J connectivity index is 1.88. The van der Waals surface area contributed by atoms with Crippen molar-refractivity contribution in [3.05, 3.63) is 77.1 Å². The summed E-state index contributed by atoms with van der Waals surface area (Å²) in [5.41, 5.74) is 2.40. The average Bonchev–Trinajstić information content (AvgIpc) is 2.99. The highest BCUT2D eigenvalue weighted by Crippen LogP contribution is 2.31.